The Kier molecular flexibility index (Phi) is 7.53. The van der Waals surface area contributed by atoms with Crippen molar-refractivity contribution < 1.29 is 41.5 Å². The summed E-state index contributed by atoms with van der Waals surface area (Å²) in [5.74, 6) is 0.703. The average Bonchev–Trinajstić information content (AvgIpc) is 2.50. The van der Waals surface area contributed by atoms with Crippen LogP contribution in [0.4, 0.5) is 17.3 Å². The van der Waals surface area contributed by atoms with E-state index in [-0.39, 0.29) is 12.5 Å². The third-order valence-corrected chi connectivity index (χ3v) is 4.05. The van der Waals surface area contributed by atoms with Crippen LogP contribution < -0.4 is 14.4 Å². The topological polar surface area (TPSA) is 60.2 Å². The number of benzene rings is 1. The summed E-state index contributed by atoms with van der Waals surface area (Å²) < 4.78 is 49.7. The minimum absolute atomic E-state index is 0.190. The number of nitrogens with one attached hydrogen (secondary N) is 1. The molecular formula is C15H22BF4NO4. The smallest absolute Gasteiger partial charge is 0.493 e. The second-order valence-electron chi connectivity index (χ2n) is 5.73. The fourth-order valence-electron chi connectivity index (χ4n) is 2.92. The van der Waals surface area contributed by atoms with Crippen LogP contribution in [0.5, 0.6) is 11.5 Å². The number of methoxy groups -OCH3 is 2. The first-order valence-electron chi connectivity index (χ1n) is 7.73. The first kappa shape index (κ1) is 21.1. The number of carbonyl (C=O) groups is 1. The van der Waals surface area contributed by atoms with Crippen molar-refractivity contribution >= 4 is 13.2 Å². The molecule has 1 aromatic carbocycles. The predicted molar refractivity (Wildman–Crippen MR) is 84.8 cm³/mol. The van der Waals surface area contributed by atoms with Gasteiger partial charge in [-0.1, -0.05) is 0 Å². The molecular weight excluding hydrogens is 345 g/mol. The van der Waals surface area contributed by atoms with Gasteiger partial charge in [0.25, 0.3) is 0 Å². The van der Waals surface area contributed by atoms with Gasteiger partial charge in [0.1, 0.15) is 6.04 Å². The lowest BCUT2D eigenvalue weighted by Gasteiger charge is -2.32. The number of fused-ring (bicyclic) bond motifs is 1. The number of likely N-dealkylation sites (N-methyl/N-ethyl adjacent to an activating group) is 1. The maximum absolute atomic E-state index is 10.8. The number of rotatable bonds is 5. The molecule has 0 radical (unpaired) electrons. The molecule has 10 heteroatoms. The highest BCUT2D eigenvalue weighted by Crippen LogP contribution is 2.35. The molecule has 1 aromatic rings. The van der Waals surface area contributed by atoms with Gasteiger partial charge < -0.3 is 36.7 Å². The fourth-order valence-corrected chi connectivity index (χ4v) is 2.92. The second kappa shape index (κ2) is 8.93. The zero-order chi connectivity index (χ0) is 19.2. The summed E-state index contributed by atoms with van der Waals surface area (Å²) in [5.41, 5.74) is 2.43. The van der Waals surface area contributed by atoms with Gasteiger partial charge in [0, 0.05) is 18.4 Å². The molecule has 25 heavy (non-hydrogen) atoms. The Balaban J connectivity index is 0.000000550. The van der Waals surface area contributed by atoms with Gasteiger partial charge in [-0.3, -0.25) is 4.79 Å². The summed E-state index contributed by atoms with van der Waals surface area (Å²) in [5, 5.41) is 8.91. The van der Waals surface area contributed by atoms with E-state index < -0.39 is 13.2 Å². The zero-order valence-corrected chi connectivity index (χ0v) is 14.3. The van der Waals surface area contributed by atoms with E-state index in [0.717, 1.165) is 18.7 Å². The Morgan fingerprint density at radius 2 is 1.76 bits per heavy atom. The van der Waals surface area contributed by atoms with E-state index in [1.807, 2.05) is 12.1 Å². The number of carboxylic acids is 1. The van der Waals surface area contributed by atoms with E-state index in [1.54, 1.807) is 14.2 Å². The van der Waals surface area contributed by atoms with E-state index in [9.17, 15) is 22.1 Å². The average molecular weight is 367 g/mol. The largest absolute Gasteiger partial charge is 0.673 e. The Bertz CT molecular complexity index is 592. The number of ether oxygens (including phenoxy) is 2. The normalized spacial score (nSPS) is 19.3. The van der Waals surface area contributed by atoms with Crippen LogP contribution in [0.15, 0.2) is 12.1 Å². The summed E-state index contributed by atoms with van der Waals surface area (Å²) in [6.45, 7) is 1.01. The molecule has 0 spiro atoms. The van der Waals surface area contributed by atoms with Crippen molar-refractivity contribution in [1.82, 2.24) is 0 Å². The molecule has 0 amide bonds. The van der Waals surface area contributed by atoms with Gasteiger partial charge in [0.05, 0.1) is 34.2 Å². The molecule has 2 N–H and O–H groups in total. The van der Waals surface area contributed by atoms with E-state index >= 15 is 0 Å². The number of quaternary nitrogens is 1. The fraction of sp³-hybridized carbons (Fsp3) is 0.533. The maximum Gasteiger partial charge on any atom is 0.673 e. The lowest BCUT2D eigenvalue weighted by molar-refractivity contribution is -0.915. The van der Waals surface area contributed by atoms with Gasteiger partial charge in [-0.15, -0.1) is 0 Å². The van der Waals surface area contributed by atoms with Crippen molar-refractivity contribution in [2.75, 3.05) is 27.8 Å². The lowest BCUT2D eigenvalue weighted by Crippen LogP contribution is -3.10. The molecule has 2 atom stereocenters. The van der Waals surface area contributed by atoms with Gasteiger partial charge in [-0.2, -0.15) is 0 Å². The third-order valence-electron chi connectivity index (χ3n) is 4.05. The van der Waals surface area contributed by atoms with Crippen LogP contribution in [0.1, 0.15) is 30.0 Å². The van der Waals surface area contributed by atoms with Crippen LogP contribution in [0, 0.1) is 0 Å². The molecule has 2 rings (SSSR count). The van der Waals surface area contributed by atoms with Crippen LogP contribution >= 0.6 is 0 Å². The quantitative estimate of drug-likeness (QED) is 0.617. The molecule has 1 heterocycles. The summed E-state index contributed by atoms with van der Waals surface area (Å²) >= 11 is 0. The standard InChI is InChI=1S/C15H21NO4.BF4/c1-16-7-6-10-8-13(19-2)14(20-3)9-11(10)12(16)4-5-15(17)18;2-1(3,4)5/h8-9,12H,4-7H2,1-3H3,(H,17,18);/q;-1/p+1. The molecule has 0 bridgehead atoms. The van der Waals surface area contributed by atoms with Crippen molar-refractivity contribution in [3.05, 3.63) is 23.3 Å². The Hall–Kier alpha value is -1.97. The maximum atomic E-state index is 10.8. The molecule has 0 fully saturated rings. The van der Waals surface area contributed by atoms with Crippen molar-refractivity contribution in [2.45, 2.75) is 25.3 Å². The van der Waals surface area contributed by atoms with Crippen LogP contribution in [-0.4, -0.2) is 46.1 Å². The molecule has 1 aliphatic rings. The number of hydrogen-bond acceptors (Lipinski definition) is 3. The molecule has 0 aromatic heterocycles. The number of halogens is 4. The van der Waals surface area contributed by atoms with Crippen molar-refractivity contribution in [2.24, 2.45) is 0 Å². The molecule has 5 nitrogen and oxygen atoms in total. The highest BCUT2D eigenvalue weighted by atomic mass is 19.5. The highest BCUT2D eigenvalue weighted by molar-refractivity contribution is 6.50. The molecule has 0 saturated carbocycles. The third kappa shape index (κ3) is 6.81. The number of carboxylic acid groups (broad SMARTS) is 1. The van der Waals surface area contributed by atoms with E-state index in [4.69, 9.17) is 14.6 Å². The van der Waals surface area contributed by atoms with Crippen molar-refractivity contribution in [3.63, 3.8) is 0 Å². The second-order valence-corrected chi connectivity index (χ2v) is 5.73. The molecule has 2 unspecified atom stereocenters. The van der Waals surface area contributed by atoms with Gasteiger partial charge in [0.15, 0.2) is 11.5 Å². The van der Waals surface area contributed by atoms with Crippen molar-refractivity contribution in [1.29, 1.82) is 0 Å². The molecule has 1 aliphatic heterocycles. The highest BCUT2D eigenvalue weighted by Gasteiger charge is 2.30. The van der Waals surface area contributed by atoms with Crippen LogP contribution in [0.3, 0.4) is 0 Å². The minimum Gasteiger partial charge on any atom is -0.493 e. The van der Waals surface area contributed by atoms with Gasteiger partial charge in [-0.05, 0) is 17.7 Å². The Morgan fingerprint density at radius 3 is 2.24 bits per heavy atom. The first-order valence-corrected chi connectivity index (χ1v) is 7.73. The Morgan fingerprint density at radius 1 is 1.24 bits per heavy atom. The van der Waals surface area contributed by atoms with E-state index in [0.29, 0.717) is 12.2 Å². The lowest BCUT2D eigenvalue weighted by atomic mass is 9.89. The number of aliphatic carboxylic acids is 1. The molecule has 142 valence electrons. The molecule has 0 aliphatic carbocycles. The van der Waals surface area contributed by atoms with Crippen molar-refractivity contribution in [3.8, 4) is 11.5 Å². The Labute approximate surface area is 143 Å². The first-order chi connectivity index (χ1) is 11.6. The monoisotopic (exact) mass is 367 g/mol. The SMILES string of the molecule is COc1cc2c(cc1OC)C(CCC(=O)O)[NH+](C)CC2.F[B-](F)(F)F. The summed E-state index contributed by atoms with van der Waals surface area (Å²) in [6.07, 6.45) is 1.81. The van der Waals surface area contributed by atoms with Crippen LogP contribution in [-0.2, 0) is 11.2 Å². The number of hydrogen-bond donors (Lipinski definition) is 2. The zero-order valence-electron chi connectivity index (χ0n) is 14.3. The van der Waals surface area contributed by atoms with Gasteiger partial charge in [-0.25, -0.2) is 0 Å². The summed E-state index contributed by atoms with van der Waals surface area (Å²) in [7, 11) is -0.631. The van der Waals surface area contributed by atoms with Gasteiger partial charge >= 0.3 is 13.2 Å². The summed E-state index contributed by atoms with van der Waals surface area (Å²) in [6, 6.07) is 4.23. The van der Waals surface area contributed by atoms with Gasteiger partial charge in [0.2, 0.25) is 0 Å². The summed E-state index contributed by atoms with van der Waals surface area (Å²) in [4.78, 5) is 12.2. The van der Waals surface area contributed by atoms with Crippen LogP contribution in [0.25, 0.3) is 0 Å². The minimum atomic E-state index is -6.00. The van der Waals surface area contributed by atoms with E-state index in [2.05, 4.69) is 7.05 Å². The van der Waals surface area contributed by atoms with E-state index in [1.165, 1.54) is 16.0 Å². The molecule has 0 saturated heterocycles. The predicted octanol–water partition coefficient (Wildman–Crippen LogP) is 1.98. The van der Waals surface area contributed by atoms with Crippen LogP contribution in [0.2, 0.25) is 0 Å².